The Kier molecular flexibility index (Phi) is 4.79. The van der Waals surface area contributed by atoms with Gasteiger partial charge in [-0.2, -0.15) is 0 Å². The van der Waals surface area contributed by atoms with Crippen molar-refractivity contribution in [2.75, 3.05) is 11.9 Å². The maximum Gasteiger partial charge on any atom is 0.308 e. The zero-order valence-electron chi connectivity index (χ0n) is 11.3. The predicted molar refractivity (Wildman–Crippen MR) is 81.3 cm³/mol. The number of hydrogen-bond donors (Lipinski definition) is 2. The number of halogens is 1. The van der Waals surface area contributed by atoms with Gasteiger partial charge in [0.05, 0.1) is 11.4 Å². The molecule has 106 valence electrons. The summed E-state index contributed by atoms with van der Waals surface area (Å²) >= 11 is 5.94. The topological polar surface area (TPSA) is 62.2 Å². The highest BCUT2D eigenvalue weighted by atomic mass is 35.5. The fourth-order valence-corrected chi connectivity index (χ4v) is 2.34. The third-order valence-corrected chi connectivity index (χ3v) is 3.47. The number of carboxylic acid groups (broad SMARTS) is 1. The van der Waals surface area contributed by atoms with Crippen molar-refractivity contribution in [3.05, 3.63) is 35.5 Å². The molecule has 2 aromatic rings. The number of rotatable bonds is 6. The largest absolute Gasteiger partial charge is 0.481 e. The number of aromatic nitrogens is 1. The molecule has 5 heteroatoms. The molecule has 20 heavy (non-hydrogen) atoms. The number of fused-ring (bicyclic) bond motifs is 1. The third-order valence-electron chi connectivity index (χ3n) is 3.23. The SMILES string of the molecule is CCCC(CNc1ccnc2cc(Cl)ccc12)C(=O)O. The quantitative estimate of drug-likeness (QED) is 0.850. The van der Waals surface area contributed by atoms with Crippen molar-refractivity contribution in [1.82, 2.24) is 4.98 Å². The van der Waals surface area contributed by atoms with E-state index in [0.29, 0.717) is 18.0 Å². The van der Waals surface area contributed by atoms with Crippen molar-refractivity contribution < 1.29 is 9.90 Å². The Balaban J connectivity index is 2.19. The van der Waals surface area contributed by atoms with Gasteiger partial charge in [0.25, 0.3) is 0 Å². The molecule has 1 aromatic heterocycles. The molecule has 2 N–H and O–H groups in total. The molecule has 0 aliphatic rings. The normalized spacial score (nSPS) is 12.3. The highest BCUT2D eigenvalue weighted by Gasteiger charge is 2.16. The molecule has 0 saturated carbocycles. The van der Waals surface area contributed by atoms with E-state index in [2.05, 4.69) is 10.3 Å². The average molecular weight is 293 g/mol. The van der Waals surface area contributed by atoms with E-state index in [9.17, 15) is 4.79 Å². The smallest absolute Gasteiger partial charge is 0.308 e. The molecule has 2 rings (SSSR count). The monoisotopic (exact) mass is 292 g/mol. The standard InChI is InChI=1S/C15H17ClN2O2/c1-2-3-10(15(19)20)9-18-13-6-7-17-14-8-11(16)4-5-12(13)14/h4-8,10H,2-3,9H2,1H3,(H,17,18)(H,19,20). The van der Waals surface area contributed by atoms with Crippen LogP contribution in [0.3, 0.4) is 0 Å². The van der Waals surface area contributed by atoms with Gasteiger partial charge in [-0.3, -0.25) is 9.78 Å². The van der Waals surface area contributed by atoms with Crippen LogP contribution in [-0.4, -0.2) is 22.6 Å². The van der Waals surface area contributed by atoms with Gasteiger partial charge in [0.15, 0.2) is 0 Å². The predicted octanol–water partition coefficient (Wildman–Crippen LogP) is 3.80. The minimum absolute atomic E-state index is 0.379. The van der Waals surface area contributed by atoms with Crippen LogP contribution in [-0.2, 0) is 4.79 Å². The summed E-state index contributed by atoms with van der Waals surface area (Å²) in [5.41, 5.74) is 1.68. The summed E-state index contributed by atoms with van der Waals surface area (Å²) in [6.45, 7) is 2.39. The van der Waals surface area contributed by atoms with Crippen molar-refractivity contribution in [2.45, 2.75) is 19.8 Å². The molecule has 0 aliphatic carbocycles. The number of hydrogen-bond acceptors (Lipinski definition) is 3. The summed E-state index contributed by atoms with van der Waals surface area (Å²) in [6, 6.07) is 7.34. The zero-order valence-corrected chi connectivity index (χ0v) is 12.0. The number of nitrogens with zero attached hydrogens (tertiary/aromatic N) is 1. The second-order valence-electron chi connectivity index (χ2n) is 4.72. The molecule has 0 saturated heterocycles. The lowest BCUT2D eigenvalue weighted by Gasteiger charge is -2.14. The number of pyridine rings is 1. The molecule has 1 atom stereocenters. The molecule has 0 fully saturated rings. The van der Waals surface area contributed by atoms with Gasteiger partial charge < -0.3 is 10.4 Å². The first-order valence-electron chi connectivity index (χ1n) is 6.62. The van der Waals surface area contributed by atoms with Crippen molar-refractivity contribution in [1.29, 1.82) is 0 Å². The minimum atomic E-state index is -0.763. The fourth-order valence-electron chi connectivity index (χ4n) is 2.17. The van der Waals surface area contributed by atoms with Gasteiger partial charge in [0.2, 0.25) is 0 Å². The lowest BCUT2D eigenvalue weighted by atomic mass is 10.0. The van der Waals surface area contributed by atoms with E-state index in [1.165, 1.54) is 0 Å². The highest BCUT2D eigenvalue weighted by molar-refractivity contribution is 6.31. The van der Waals surface area contributed by atoms with Gasteiger partial charge in [0, 0.05) is 28.8 Å². The molecule has 0 bridgehead atoms. The van der Waals surface area contributed by atoms with Crippen LogP contribution < -0.4 is 5.32 Å². The van der Waals surface area contributed by atoms with Gasteiger partial charge in [-0.1, -0.05) is 24.9 Å². The molecule has 0 amide bonds. The Labute approximate surface area is 122 Å². The second kappa shape index (κ2) is 6.57. The van der Waals surface area contributed by atoms with E-state index in [-0.39, 0.29) is 5.92 Å². The number of benzene rings is 1. The summed E-state index contributed by atoms with van der Waals surface area (Å²) in [6.07, 6.45) is 3.21. The first-order chi connectivity index (χ1) is 9.61. The number of carboxylic acids is 1. The summed E-state index contributed by atoms with van der Waals surface area (Å²) < 4.78 is 0. The minimum Gasteiger partial charge on any atom is -0.481 e. The molecule has 1 unspecified atom stereocenters. The van der Waals surface area contributed by atoms with E-state index >= 15 is 0 Å². The van der Waals surface area contributed by atoms with Crippen LogP contribution in [0.2, 0.25) is 5.02 Å². The summed E-state index contributed by atoms with van der Waals surface area (Å²) in [5.74, 6) is -1.14. The lowest BCUT2D eigenvalue weighted by molar-refractivity contribution is -0.141. The first kappa shape index (κ1) is 14.6. The van der Waals surface area contributed by atoms with Gasteiger partial charge in [-0.15, -0.1) is 0 Å². The van der Waals surface area contributed by atoms with Crippen LogP contribution in [0.1, 0.15) is 19.8 Å². The highest BCUT2D eigenvalue weighted by Crippen LogP contribution is 2.24. The van der Waals surface area contributed by atoms with E-state index in [0.717, 1.165) is 23.0 Å². The Bertz CT molecular complexity index is 616. The van der Waals surface area contributed by atoms with E-state index < -0.39 is 5.97 Å². The van der Waals surface area contributed by atoms with Gasteiger partial charge in [0.1, 0.15) is 0 Å². The van der Waals surface area contributed by atoms with Gasteiger partial charge in [-0.25, -0.2) is 0 Å². The number of aliphatic carboxylic acids is 1. The van der Waals surface area contributed by atoms with Crippen LogP contribution in [0.4, 0.5) is 5.69 Å². The Morgan fingerprint density at radius 2 is 2.25 bits per heavy atom. The Morgan fingerprint density at radius 3 is 2.95 bits per heavy atom. The fraction of sp³-hybridized carbons (Fsp3) is 0.333. The first-order valence-corrected chi connectivity index (χ1v) is 7.00. The van der Waals surface area contributed by atoms with Crippen molar-refractivity contribution in [3.63, 3.8) is 0 Å². The molecule has 4 nitrogen and oxygen atoms in total. The van der Waals surface area contributed by atoms with Gasteiger partial charge in [-0.05, 0) is 30.7 Å². The molecule has 0 spiro atoms. The van der Waals surface area contributed by atoms with Crippen LogP contribution >= 0.6 is 11.6 Å². The van der Waals surface area contributed by atoms with Crippen LogP contribution in [0.15, 0.2) is 30.5 Å². The number of nitrogens with one attached hydrogen (secondary N) is 1. The molecule has 1 aromatic carbocycles. The summed E-state index contributed by atoms with van der Waals surface area (Å²) in [4.78, 5) is 15.4. The van der Waals surface area contributed by atoms with Crippen molar-refractivity contribution in [3.8, 4) is 0 Å². The van der Waals surface area contributed by atoms with Gasteiger partial charge >= 0.3 is 5.97 Å². The molecule has 1 heterocycles. The van der Waals surface area contributed by atoms with Crippen LogP contribution in [0.25, 0.3) is 10.9 Å². The number of carbonyl (C=O) groups is 1. The van der Waals surface area contributed by atoms with E-state index in [4.69, 9.17) is 16.7 Å². The van der Waals surface area contributed by atoms with Crippen LogP contribution in [0.5, 0.6) is 0 Å². The van der Waals surface area contributed by atoms with E-state index in [1.54, 1.807) is 18.3 Å². The van der Waals surface area contributed by atoms with Crippen LogP contribution in [0, 0.1) is 5.92 Å². The number of anilines is 1. The lowest BCUT2D eigenvalue weighted by Crippen LogP contribution is -2.22. The Hall–Kier alpha value is -1.81. The van der Waals surface area contributed by atoms with Crippen molar-refractivity contribution >= 4 is 34.2 Å². The second-order valence-corrected chi connectivity index (χ2v) is 5.16. The molecule has 0 radical (unpaired) electrons. The molecular weight excluding hydrogens is 276 g/mol. The molecular formula is C15H17ClN2O2. The van der Waals surface area contributed by atoms with Crippen molar-refractivity contribution in [2.24, 2.45) is 5.92 Å². The molecule has 0 aliphatic heterocycles. The van der Waals surface area contributed by atoms with E-state index in [1.807, 2.05) is 19.1 Å². The Morgan fingerprint density at radius 1 is 1.45 bits per heavy atom. The summed E-state index contributed by atoms with van der Waals surface area (Å²) in [5, 5.41) is 13.9. The maximum absolute atomic E-state index is 11.1. The third kappa shape index (κ3) is 3.39. The zero-order chi connectivity index (χ0) is 14.5. The summed E-state index contributed by atoms with van der Waals surface area (Å²) in [7, 11) is 0. The maximum atomic E-state index is 11.1. The average Bonchev–Trinajstić information content (AvgIpc) is 2.42.